The van der Waals surface area contributed by atoms with Gasteiger partial charge in [-0.1, -0.05) is 37.3 Å². The van der Waals surface area contributed by atoms with E-state index in [9.17, 15) is 9.59 Å². The molecule has 2 fully saturated rings. The Hall–Kier alpha value is -1.75. The lowest BCUT2D eigenvalue weighted by atomic mass is 10.1. The molecular formula is C18H24ClN3O2. The summed E-state index contributed by atoms with van der Waals surface area (Å²) in [6, 6.07) is 7.14. The highest BCUT2D eigenvalue weighted by Gasteiger charge is 2.31. The standard InChI is InChI=1S/C18H24ClN3O2/c19-13-7-9-16(10-8-13)22-12-15(11-17(22)23)21-18(24)20-14-5-3-1-2-4-6-14/h7-10,14-15H,1-6,11-12H2,(H2,20,21,24). The van der Waals surface area contributed by atoms with Crippen LogP contribution in [0.1, 0.15) is 44.9 Å². The maximum absolute atomic E-state index is 12.2. The van der Waals surface area contributed by atoms with E-state index in [1.165, 1.54) is 25.7 Å². The minimum absolute atomic E-state index is 0.0251. The van der Waals surface area contributed by atoms with Gasteiger partial charge in [-0.25, -0.2) is 4.79 Å². The van der Waals surface area contributed by atoms with Crippen molar-refractivity contribution in [1.82, 2.24) is 10.6 Å². The number of halogens is 1. The Balaban J connectivity index is 1.52. The average Bonchev–Trinajstić information content (AvgIpc) is 2.74. The van der Waals surface area contributed by atoms with Gasteiger partial charge < -0.3 is 15.5 Å². The van der Waals surface area contributed by atoms with Crippen LogP contribution in [0.5, 0.6) is 0 Å². The van der Waals surface area contributed by atoms with Gasteiger partial charge in [0.05, 0.1) is 6.04 Å². The maximum Gasteiger partial charge on any atom is 0.315 e. The lowest BCUT2D eigenvalue weighted by Crippen LogP contribution is -2.47. The molecule has 3 amide bonds. The second-order valence-electron chi connectivity index (χ2n) is 6.69. The number of amides is 3. The Labute approximate surface area is 147 Å². The molecule has 1 saturated heterocycles. The van der Waals surface area contributed by atoms with Crippen molar-refractivity contribution in [3.05, 3.63) is 29.3 Å². The lowest BCUT2D eigenvalue weighted by Gasteiger charge is -2.20. The summed E-state index contributed by atoms with van der Waals surface area (Å²) in [6.07, 6.45) is 7.30. The predicted molar refractivity (Wildman–Crippen MR) is 95.4 cm³/mol. The van der Waals surface area contributed by atoms with E-state index in [2.05, 4.69) is 10.6 Å². The SMILES string of the molecule is O=C(NC1CCCCCC1)NC1CC(=O)N(c2ccc(Cl)cc2)C1. The zero-order valence-corrected chi connectivity index (χ0v) is 14.5. The van der Waals surface area contributed by atoms with E-state index in [0.717, 1.165) is 18.5 Å². The van der Waals surface area contributed by atoms with Gasteiger partial charge in [-0.2, -0.15) is 0 Å². The van der Waals surface area contributed by atoms with Gasteiger partial charge >= 0.3 is 6.03 Å². The molecule has 1 heterocycles. The number of anilines is 1. The summed E-state index contributed by atoms with van der Waals surface area (Å²) in [5.74, 6) is 0.0251. The first-order chi connectivity index (χ1) is 11.6. The number of carbonyl (C=O) groups is 2. The van der Waals surface area contributed by atoms with Crippen LogP contribution in [-0.4, -0.2) is 30.6 Å². The molecule has 1 saturated carbocycles. The lowest BCUT2D eigenvalue weighted by molar-refractivity contribution is -0.117. The van der Waals surface area contributed by atoms with Crippen LogP contribution in [0.3, 0.4) is 0 Å². The number of rotatable bonds is 3. The molecule has 0 bridgehead atoms. The van der Waals surface area contributed by atoms with Crippen LogP contribution >= 0.6 is 11.6 Å². The van der Waals surface area contributed by atoms with E-state index in [-0.39, 0.29) is 24.0 Å². The molecule has 2 N–H and O–H groups in total. The first kappa shape index (κ1) is 17.1. The van der Waals surface area contributed by atoms with E-state index >= 15 is 0 Å². The average molecular weight is 350 g/mol. The molecule has 24 heavy (non-hydrogen) atoms. The summed E-state index contributed by atoms with van der Waals surface area (Å²) in [5.41, 5.74) is 0.817. The summed E-state index contributed by atoms with van der Waals surface area (Å²) in [6.45, 7) is 0.499. The van der Waals surface area contributed by atoms with Crippen molar-refractivity contribution in [3.8, 4) is 0 Å². The number of nitrogens with zero attached hydrogens (tertiary/aromatic N) is 1. The van der Waals surface area contributed by atoms with Crippen LogP contribution in [0.4, 0.5) is 10.5 Å². The van der Waals surface area contributed by atoms with Crippen LogP contribution in [0.25, 0.3) is 0 Å². The third-order valence-electron chi connectivity index (χ3n) is 4.79. The van der Waals surface area contributed by atoms with Crippen molar-refractivity contribution < 1.29 is 9.59 Å². The number of benzene rings is 1. The number of hydrogen-bond donors (Lipinski definition) is 2. The quantitative estimate of drug-likeness (QED) is 0.821. The zero-order valence-electron chi connectivity index (χ0n) is 13.8. The Morgan fingerprint density at radius 3 is 2.29 bits per heavy atom. The van der Waals surface area contributed by atoms with E-state index in [4.69, 9.17) is 11.6 Å². The van der Waals surface area contributed by atoms with E-state index in [1.807, 2.05) is 12.1 Å². The first-order valence-electron chi connectivity index (χ1n) is 8.75. The van der Waals surface area contributed by atoms with Crippen molar-refractivity contribution in [3.63, 3.8) is 0 Å². The molecule has 6 heteroatoms. The monoisotopic (exact) mass is 349 g/mol. The van der Waals surface area contributed by atoms with Gasteiger partial charge in [-0.15, -0.1) is 0 Å². The van der Waals surface area contributed by atoms with Gasteiger partial charge in [-0.3, -0.25) is 4.79 Å². The van der Waals surface area contributed by atoms with Gasteiger partial charge in [0, 0.05) is 29.7 Å². The number of nitrogens with one attached hydrogen (secondary N) is 2. The van der Waals surface area contributed by atoms with E-state index in [0.29, 0.717) is 18.0 Å². The molecule has 130 valence electrons. The Morgan fingerprint density at radius 2 is 1.62 bits per heavy atom. The Bertz CT molecular complexity index is 582. The van der Waals surface area contributed by atoms with Gasteiger partial charge in [-0.05, 0) is 37.1 Å². The minimum atomic E-state index is -0.155. The molecule has 0 spiro atoms. The molecule has 2 aliphatic rings. The summed E-state index contributed by atoms with van der Waals surface area (Å²) in [7, 11) is 0. The van der Waals surface area contributed by atoms with Crippen molar-refractivity contribution in [2.24, 2.45) is 0 Å². The minimum Gasteiger partial charge on any atom is -0.335 e. The summed E-state index contributed by atoms with van der Waals surface area (Å²) >= 11 is 5.89. The van der Waals surface area contributed by atoms with Crippen molar-refractivity contribution in [2.75, 3.05) is 11.4 Å². The molecule has 1 aliphatic heterocycles. The maximum atomic E-state index is 12.2. The second-order valence-corrected chi connectivity index (χ2v) is 7.12. The van der Waals surface area contributed by atoms with Crippen molar-refractivity contribution in [1.29, 1.82) is 0 Å². The topological polar surface area (TPSA) is 61.4 Å². The third kappa shape index (κ3) is 4.41. The number of urea groups is 1. The Kier molecular flexibility index (Phi) is 5.61. The smallest absolute Gasteiger partial charge is 0.315 e. The van der Waals surface area contributed by atoms with Gasteiger partial charge in [0.15, 0.2) is 0 Å². The third-order valence-corrected chi connectivity index (χ3v) is 5.04. The molecule has 1 unspecified atom stereocenters. The van der Waals surface area contributed by atoms with Crippen LogP contribution in [-0.2, 0) is 4.79 Å². The molecule has 1 aromatic rings. The van der Waals surface area contributed by atoms with Gasteiger partial charge in [0.1, 0.15) is 0 Å². The highest BCUT2D eigenvalue weighted by molar-refractivity contribution is 6.30. The van der Waals surface area contributed by atoms with Crippen molar-refractivity contribution >= 4 is 29.2 Å². The van der Waals surface area contributed by atoms with Crippen molar-refractivity contribution in [2.45, 2.75) is 57.0 Å². The first-order valence-corrected chi connectivity index (χ1v) is 9.12. The Morgan fingerprint density at radius 1 is 1.00 bits per heavy atom. The normalized spacial score (nSPS) is 22.3. The van der Waals surface area contributed by atoms with E-state index in [1.54, 1.807) is 17.0 Å². The molecular weight excluding hydrogens is 326 g/mol. The number of hydrogen-bond acceptors (Lipinski definition) is 2. The molecule has 5 nitrogen and oxygen atoms in total. The van der Waals surface area contributed by atoms with Crippen LogP contribution in [0.2, 0.25) is 5.02 Å². The highest BCUT2D eigenvalue weighted by atomic mass is 35.5. The number of carbonyl (C=O) groups excluding carboxylic acids is 2. The van der Waals surface area contributed by atoms with Crippen LogP contribution in [0, 0.1) is 0 Å². The molecule has 1 aliphatic carbocycles. The summed E-state index contributed by atoms with van der Waals surface area (Å²) in [5, 5.41) is 6.66. The zero-order chi connectivity index (χ0) is 16.9. The fourth-order valence-electron chi connectivity index (χ4n) is 3.51. The fourth-order valence-corrected chi connectivity index (χ4v) is 3.64. The summed E-state index contributed by atoms with van der Waals surface area (Å²) < 4.78 is 0. The van der Waals surface area contributed by atoms with Crippen LogP contribution < -0.4 is 15.5 Å². The van der Waals surface area contributed by atoms with Gasteiger partial charge in [0.25, 0.3) is 0 Å². The van der Waals surface area contributed by atoms with E-state index < -0.39 is 0 Å². The molecule has 1 atom stereocenters. The van der Waals surface area contributed by atoms with Crippen LogP contribution in [0.15, 0.2) is 24.3 Å². The molecule has 0 radical (unpaired) electrons. The van der Waals surface area contributed by atoms with Gasteiger partial charge in [0.2, 0.25) is 5.91 Å². The molecule has 1 aromatic carbocycles. The predicted octanol–water partition coefficient (Wildman–Crippen LogP) is 3.47. The molecule has 0 aromatic heterocycles. The highest BCUT2D eigenvalue weighted by Crippen LogP contribution is 2.23. The molecule has 3 rings (SSSR count). The largest absolute Gasteiger partial charge is 0.335 e. The second kappa shape index (κ2) is 7.88. The fraction of sp³-hybridized carbons (Fsp3) is 0.556. The summed E-state index contributed by atoms with van der Waals surface area (Å²) in [4.78, 5) is 26.1.